The Kier molecular flexibility index (Phi) is 2.60. The summed E-state index contributed by atoms with van der Waals surface area (Å²) in [7, 11) is 1.69. The number of hydrogen-bond donors (Lipinski definition) is 0. The summed E-state index contributed by atoms with van der Waals surface area (Å²) < 4.78 is 5.13. The second-order valence-electron chi connectivity index (χ2n) is 2.58. The van der Waals surface area contributed by atoms with Crippen LogP contribution in [0.4, 0.5) is 0 Å². The number of rotatable bonds is 2. The van der Waals surface area contributed by atoms with Crippen LogP contribution in [0.25, 0.3) is 0 Å². The van der Waals surface area contributed by atoms with Crippen LogP contribution in [0.15, 0.2) is 18.2 Å². The van der Waals surface area contributed by atoms with E-state index in [1.165, 1.54) is 0 Å². The first-order valence-corrected chi connectivity index (χ1v) is 3.70. The van der Waals surface area contributed by atoms with Crippen LogP contribution in [0.2, 0.25) is 0 Å². The van der Waals surface area contributed by atoms with Gasteiger partial charge in [0.15, 0.2) is 0 Å². The number of aryl methyl sites for hydroxylation is 1. The highest BCUT2D eigenvalue weighted by Crippen LogP contribution is 2.12. The van der Waals surface area contributed by atoms with Gasteiger partial charge in [-0.1, -0.05) is 6.07 Å². The fourth-order valence-corrected chi connectivity index (χ4v) is 0.911. The van der Waals surface area contributed by atoms with Crippen LogP contribution >= 0.6 is 0 Å². The average Bonchev–Trinajstić information content (AvgIpc) is 2.03. The minimum Gasteiger partial charge on any atom is -0.375 e. The normalized spacial score (nSPS) is 13.0. The van der Waals surface area contributed by atoms with Crippen LogP contribution in [-0.2, 0) is 4.74 Å². The number of hydrogen-bond acceptors (Lipinski definition) is 2. The second-order valence-corrected chi connectivity index (χ2v) is 2.58. The van der Waals surface area contributed by atoms with E-state index in [2.05, 4.69) is 4.98 Å². The van der Waals surface area contributed by atoms with Crippen molar-refractivity contribution in [2.75, 3.05) is 7.11 Å². The van der Waals surface area contributed by atoms with Crippen molar-refractivity contribution in [2.24, 2.45) is 0 Å². The van der Waals surface area contributed by atoms with Crippen molar-refractivity contribution < 1.29 is 4.74 Å². The predicted octanol–water partition coefficient (Wildman–Crippen LogP) is 2.10. The quantitative estimate of drug-likeness (QED) is 0.645. The maximum absolute atomic E-state index is 5.13. The molecule has 0 N–H and O–H groups in total. The zero-order valence-electron chi connectivity index (χ0n) is 7.16. The number of ether oxygens (including phenoxy) is 1. The maximum Gasteiger partial charge on any atom is 0.0962 e. The Hall–Kier alpha value is -0.890. The summed E-state index contributed by atoms with van der Waals surface area (Å²) in [5, 5.41) is 0. The molecule has 11 heavy (non-hydrogen) atoms. The monoisotopic (exact) mass is 151 g/mol. The highest BCUT2D eigenvalue weighted by molar-refractivity contribution is 5.11. The molecular formula is C9H13NO. The lowest BCUT2D eigenvalue weighted by molar-refractivity contribution is 0.116. The Morgan fingerprint density at radius 1 is 1.45 bits per heavy atom. The molecule has 0 saturated heterocycles. The number of aromatic nitrogens is 1. The summed E-state index contributed by atoms with van der Waals surface area (Å²) in [6.07, 6.45) is 0.0925. The van der Waals surface area contributed by atoms with Gasteiger partial charge >= 0.3 is 0 Å². The van der Waals surface area contributed by atoms with Gasteiger partial charge in [0.2, 0.25) is 0 Å². The Morgan fingerprint density at radius 2 is 2.18 bits per heavy atom. The molecule has 0 saturated carbocycles. The molecule has 0 amide bonds. The zero-order chi connectivity index (χ0) is 8.27. The van der Waals surface area contributed by atoms with Gasteiger partial charge in [-0.2, -0.15) is 0 Å². The Bertz CT molecular complexity index is 235. The third-order valence-corrected chi connectivity index (χ3v) is 1.68. The van der Waals surface area contributed by atoms with Gasteiger partial charge in [0.1, 0.15) is 0 Å². The van der Waals surface area contributed by atoms with Gasteiger partial charge in [0, 0.05) is 12.8 Å². The van der Waals surface area contributed by atoms with Crippen LogP contribution in [0.3, 0.4) is 0 Å². The molecule has 2 nitrogen and oxygen atoms in total. The fourth-order valence-electron chi connectivity index (χ4n) is 0.911. The maximum atomic E-state index is 5.13. The topological polar surface area (TPSA) is 22.1 Å². The molecule has 1 aromatic heterocycles. The molecule has 1 heterocycles. The largest absolute Gasteiger partial charge is 0.375 e. The molecule has 0 aromatic carbocycles. The Morgan fingerprint density at radius 3 is 2.73 bits per heavy atom. The molecule has 0 fully saturated rings. The zero-order valence-corrected chi connectivity index (χ0v) is 7.16. The molecule has 2 heteroatoms. The molecule has 0 aliphatic carbocycles. The van der Waals surface area contributed by atoms with Gasteiger partial charge in [-0.15, -0.1) is 0 Å². The van der Waals surface area contributed by atoms with Gasteiger partial charge in [0.05, 0.1) is 11.8 Å². The van der Waals surface area contributed by atoms with Gasteiger partial charge in [-0.3, -0.25) is 4.98 Å². The molecule has 1 atom stereocenters. The molecule has 0 aliphatic heterocycles. The van der Waals surface area contributed by atoms with E-state index in [-0.39, 0.29) is 6.10 Å². The molecule has 1 aromatic rings. The SMILES string of the molecule is CO[C@H](C)c1cccc(C)n1. The van der Waals surface area contributed by atoms with Crippen LogP contribution in [0, 0.1) is 6.92 Å². The van der Waals surface area contributed by atoms with Gasteiger partial charge < -0.3 is 4.74 Å². The van der Waals surface area contributed by atoms with E-state index in [4.69, 9.17) is 4.74 Å². The highest BCUT2D eigenvalue weighted by atomic mass is 16.5. The molecule has 0 aliphatic rings. The molecule has 0 unspecified atom stereocenters. The number of nitrogens with zero attached hydrogens (tertiary/aromatic N) is 1. The summed E-state index contributed by atoms with van der Waals surface area (Å²) in [6, 6.07) is 5.94. The molecule has 0 radical (unpaired) electrons. The van der Waals surface area contributed by atoms with Crippen molar-refractivity contribution in [2.45, 2.75) is 20.0 Å². The van der Waals surface area contributed by atoms with Gasteiger partial charge in [-0.25, -0.2) is 0 Å². The smallest absolute Gasteiger partial charge is 0.0962 e. The van der Waals surface area contributed by atoms with E-state index in [1.807, 2.05) is 32.0 Å². The summed E-state index contributed by atoms with van der Waals surface area (Å²) >= 11 is 0. The first-order valence-electron chi connectivity index (χ1n) is 3.70. The molecule has 0 bridgehead atoms. The Balaban J connectivity index is 2.86. The van der Waals surface area contributed by atoms with E-state index in [9.17, 15) is 0 Å². The van der Waals surface area contributed by atoms with Crippen LogP contribution in [0.1, 0.15) is 24.4 Å². The summed E-state index contributed by atoms with van der Waals surface area (Å²) in [5.74, 6) is 0. The van der Waals surface area contributed by atoms with Crippen molar-refractivity contribution in [3.8, 4) is 0 Å². The standard InChI is InChI=1S/C9H13NO/c1-7-5-4-6-9(10-7)8(2)11-3/h4-6,8H,1-3H3/t8-/m1/s1. The lowest BCUT2D eigenvalue weighted by Crippen LogP contribution is -1.99. The van der Waals surface area contributed by atoms with E-state index in [1.54, 1.807) is 7.11 Å². The van der Waals surface area contributed by atoms with Crippen molar-refractivity contribution in [1.29, 1.82) is 0 Å². The molecule has 1 rings (SSSR count). The summed E-state index contributed by atoms with van der Waals surface area (Å²) in [6.45, 7) is 3.97. The summed E-state index contributed by atoms with van der Waals surface area (Å²) in [4.78, 5) is 4.32. The Labute approximate surface area is 67.2 Å². The van der Waals surface area contributed by atoms with E-state index >= 15 is 0 Å². The van der Waals surface area contributed by atoms with Crippen molar-refractivity contribution in [3.63, 3.8) is 0 Å². The number of pyridine rings is 1. The first-order chi connectivity index (χ1) is 5.24. The fraction of sp³-hybridized carbons (Fsp3) is 0.444. The van der Waals surface area contributed by atoms with Crippen LogP contribution < -0.4 is 0 Å². The van der Waals surface area contributed by atoms with E-state index in [0.29, 0.717) is 0 Å². The summed E-state index contributed by atoms with van der Waals surface area (Å²) in [5.41, 5.74) is 2.03. The highest BCUT2D eigenvalue weighted by Gasteiger charge is 2.03. The minimum absolute atomic E-state index is 0.0925. The molecule has 60 valence electrons. The predicted molar refractivity (Wildman–Crippen MR) is 44.4 cm³/mol. The lowest BCUT2D eigenvalue weighted by atomic mass is 10.2. The third-order valence-electron chi connectivity index (χ3n) is 1.68. The van der Waals surface area contributed by atoms with Crippen molar-refractivity contribution in [3.05, 3.63) is 29.6 Å². The van der Waals surface area contributed by atoms with Crippen molar-refractivity contribution >= 4 is 0 Å². The second kappa shape index (κ2) is 3.49. The third kappa shape index (κ3) is 2.02. The van der Waals surface area contributed by atoms with Gasteiger partial charge in [0.25, 0.3) is 0 Å². The molecule has 0 spiro atoms. The van der Waals surface area contributed by atoms with E-state index < -0.39 is 0 Å². The van der Waals surface area contributed by atoms with E-state index in [0.717, 1.165) is 11.4 Å². The van der Waals surface area contributed by atoms with Crippen LogP contribution in [0.5, 0.6) is 0 Å². The average molecular weight is 151 g/mol. The van der Waals surface area contributed by atoms with Crippen LogP contribution in [-0.4, -0.2) is 12.1 Å². The minimum atomic E-state index is 0.0925. The molecular weight excluding hydrogens is 138 g/mol. The lowest BCUT2D eigenvalue weighted by Gasteiger charge is -2.08. The first kappa shape index (κ1) is 8.21. The number of methoxy groups -OCH3 is 1. The van der Waals surface area contributed by atoms with Crippen molar-refractivity contribution in [1.82, 2.24) is 4.98 Å². The van der Waals surface area contributed by atoms with Gasteiger partial charge in [-0.05, 0) is 26.0 Å².